The number of rotatable bonds is 22. The highest BCUT2D eigenvalue weighted by atomic mass is 31.2. The number of hydrogen-bond acceptors (Lipinski definition) is 3. The molecule has 5 heteroatoms. The number of hydrogen-bond donors (Lipinski definition) is 1. The van der Waals surface area contributed by atoms with Gasteiger partial charge in [0.05, 0.1) is 12.2 Å². The van der Waals surface area contributed by atoms with Gasteiger partial charge >= 0.3 is 7.82 Å². The predicted molar refractivity (Wildman–Crippen MR) is 134 cm³/mol. The summed E-state index contributed by atoms with van der Waals surface area (Å²) >= 11 is 0. The van der Waals surface area contributed by atoms with E-state index in [9.17, 15) is 9.46 Å². The highest BCUT2D eigenvalue weighted by Crippen LogP contribution is 2.53. The van der Waals surface area contributed by atoms with E-state index in [1.165, 1.54) is 64.2 Å². The molecule has 0 spiro atoms. The lowest BCUT2D eigenvalue weighted by molar-refractivity contribution is -0.0251. The van der Waals surface area contributed by atoms with Crippen LogP contribution in [0.25, 0.3) is 0 Å². The van der Waals surface area contributed by atoms with E-state index in [-0.39, 0.29) is 6.61 Å². The van der Waals surface area contributed by atoms with Crippen LogP contribution in [0, 0.1) is 11.8 Å². The van der Waals surface area contributed by atoms with Gasteiger partial charge in [0.1, 0.15) is 0 Å². The molecule has 0 bridgehead atoms. The number of phosphoric acid groups is 1. The van der Waals surface area contributed by atoms with Gasteiger partial charge in [-0.05, 0) is 38.0 Å². The Morgan fingerprint density at radius 2 is 1.23 bits per heavy atom. The molecule has 0 aromatic carbocycles. The minimum Gasteiger partial charge on any atom is -0.302 e. The van der Waals surface area contributed by atoms with Crippen molar-refractivity contribution in [2.24, 2.45) is 11.8 Å². The van der Waals surface area contributed by atoms with E-state index in [0.29, 0.717) is 11.8 Å². The Kier molecular flexibility index (Phi) is 18.6. The summed E-state index contributed by atoms with van der Waals surface area (Å²) < 4.78 is 24.2. The molecule has 31 heavy (non-hydrogen) atoms. The summed E-state index contributed by atoms with van der Waals surface area (Å²) in [4.78, 5) is 10.5. The second kappa shape index (κ2) is 18.5. The maximum atomic E-state index is 12.8. The Labute approximate surface area is 194 Å². The van der Waals surface area contributed by atoms with Crippen LogP contribution in [0.5, 0.6) is 0 Å². The van der Waals surface area contributed by atoms with Crippen molar-refractivity contribution in [1.29, 1.82) is 0 Å². The van der Waals surface area contributed by atoms with Crippen molar-refractivity contribution in [3.63, 3.8) is 0 Å². The normalized spacial score (nSPS) is 17.8. The van der Waals surface area contributed by atoms with Crippen LogP contribution < -0.4 is 0 Å². The van der Waals surface area contributed by atoms with Crippen LogP contribution in [0.2, 0.25) is 0 Å². The average molecular weight is 463 g/mol. The summed E-state index contributed by atoms with van der Waals surface area (Å²) in [5, 5.41) is 0. The van der Waals surface area contributed by atoms with Gasteiger partial charge in [-0.3, -0.25) is 9.05 Å². The molecule has 0 rings (SSSR count). The molecule has 188 valence electrons. The monoisotopic (exact) mass is 462 g/mol. The molecular formula is C26H55O4P. The van der Waals surface area contributed by atoms with Gasteiger partial charge < -0.3 is 4.89 Å². The van der Waals surface area contributed by atoms with Gasteiger partial charge in [0, 0.05) is 0 Å². The van der Waals surface area contributed by atoms with Gasteiger partial charge in [0.2, 0.25) is 0 Å². The van der Waals surface area contributed by atoms with Gasteiger partial charge in [-0.15, -0.1) is 0 Å². The van der Waals surface area contributed by atoms with Crippen LogP contribution in [0.3, 0.4) is 0 Å². The molecule has 0 heterocycles. The highest BCUT2D eigenvalue weighted by molar-refractivity contribution is 7.47. The summed E-state index contributed by atoms with van der Waals surface area (Å²) in [6.07, 6.45) is 17.9. The zero-order valence-electron chi connectivity index (χ0n) is 21.8. The Balaban J connectivity index is 5.75. The molecule has 0 saturated heterocycles. The summed E-state index contributed by atoms with van der Waals surface area (Å²) in [7, 11) is -4.06. The van der Waals surface area contributed by atoms with Crippen LogP contribution in [0.15, 0.2) is 0 Å². The van der Waals surface area contributed by atoms with E-state index < -0.39 is 13.4 Å². The van der Waals surface area contributed by atoms with Crippen molar-refractivity contribution < 1.29 is 18.5 Å². The third kappa shape index (κ3) is 14.8. The first-order valence-electron chi connectivity index (χ1n) is 13.5. The zero-order chi connectivity index (χ0) is 23.6. The van der Waals surface area contributed by atoms with Gasteiger partial charge in [0.25, 0.3) is 0 Å². The first-order chi connectivity index (χ1) is 14.8. The maximum absolute atomic E-state index is 12.8. The van der Waals surface area contributed by atoms with Crippen molar-refractivity contribution in [2.45, 2.75) is 150 Å². The Hall–Kier alpha value is 0.110. The quantitative estimate of drug-likeness (QED) is 0.129. The van der Waals surface area contributed by atoms with Crippen molar-refractivity contribution >= 4 is 7.82 Å². The molecule has 0 amide bonds. The average Bonchev–Trinajstić information content (AvgIpc) is 2.73. The fourth-order valence-electron chi connectivity index (χ4n) is 4.83. The van der Waals surface area contributed by atoms with Gasteiger partial charge in [-0.1, -0.05) is 118 Å². The van der Waals surface area contributed by atoms with E-state index in [2.05, 4.69) is 34.6 Å². The molecule has 0 saturated carbocycles. The topological polar surface area (TPSA) is 55.8 Å². The molecule has 0 aromatic heterocycles. The summed E-state index contributed by atoms with van der Waals surface area (Å²) in [5.41, 5.74) is -0.561. The Bertz CT molecular complexity index is 437. The van der Waals surface area contributed by atoms with Gasteiger partial charge in [0.15, 0.2) is 0 Å². The summed E-state index contributed by atoms with van der Waals surface area (Å²) in [6, 6.07) is 0. The smallest absolute Gasteiger partial charge is 0.302 e. The molecule has 0 aliphatic heterocycles. The third-order valence-corrected chi connectivity index (χ3v) is 7.95. The van der Waals surface area contributed by atoms with E-state index in [4.69, 9.17) is 9.05 Å². The predicted octanol–water partition coefficient (Wildman–Crippen LogP) is 9.45. The van der Waals surface area contributed by atoms with E-state index >= 15 is 0 Å². The first kappa shape index (κ1) is 31.1. The Morgan fingerprint density at radius 3 is 1.65 bits per heavy atom. The second-order valence-corrected chi connectivity index (χ2v) is 10.9. The largest absolute Gasteiger partial charge is 0.472 e. The molecular weight excluding hydrogens is 407 g/mol. The third-order valence-electron chi connectivity index (χ3n) is 6.75. The van der Waals surface area contributed by atoms with Gasteiger partial charge in [-0.25, -0.2) is 4.57 Å². The van der Waals surface area contributed by atoms with Gasteiger partial charge in [-0.2, -0.15) is 0 Å². The number of phosphoric ester groups is 1. The van der Waals surface area contributed by atoms with E-state index in [0.717, 1.165) is 38.5 Å². The molecule has 1 N–H and O–H groups in total. The van der Waals surface area contributed by atoms with E-state index in [1.54, 1.807) is 6.92 Å². The summed E-state index contributed by atoms with van der Waals surface area (Å²) in [5.74, 6) is 1.06. The fraction of sp³-hybridized carbons (Fsp3) is 1.00. The van der Waals surface area contributed by atoms with Crippen molar-refractivity contribution in [3.8, 4) is 0 Å². The first-order valence-corrected chi connectivity index (χ1v) is 15.0. The minimum atomic E-state index is -4.06. The highest BCUT2D eigenvalue weighted by Gasteiger charge is 2.41. The van der Waals surface area contributed by atoms with E-state index in [1.807, 2.05) is 0 Å². The van der Waals surface area contributed by atoms with Crippen LogP contribution >= 0.6 is 7.82 Å². The molecule has 0 fully saturated rings. The van der Waals surface area contributed by atoms with Crippen LogP contribution in [-0.4, -0.2) is 17.1 Å². The van der Waals surface area contributed by atoms with Crippen LogP contribution in [0.1, 0.15) is 144 Å². The van der Waals surface area contributed by atoms with Crippen LogP contribution in [-0.2, 0) is 13.6 Å². The SMILES string of the molecule is CCCCCCCC(CC(CC)CCCC)(CC(CC)CCCC)OP(=O)(O)OCC. The van der Waals surface area contributed by atoms with Crippen molar-refractivity contribution in [3.05, 3.63) is 0 Å². The molecule has 0 aliphatic carbocycles. The van der Waals surface area contributed by atoms with Crippen molar-refractivity contribution in [2.75, 3.05) is 6.61 Å². The lowest BCUT2D eigenvalue weighted by Gasteiger charge is -2.40. The Morgan fingerprint density at radius 1 is 0.742 bits per heavy atom. The van der Waals surface area contributed by atoms with Crippen molar-refractivity contribution in [1.82, 2.24) is 0 Å². The minimum absolute atomic E-state index is 0.195. The molecule has 0 aliphatic rings. The molecule has 3 atom stereocenters. The number of unbranched alkanes of at least 4 members (excludes halogenated alkanes) is 6. The molecule has 3 unspecified atom stereocenters. The zero-order valence-corrected chi connectivity index (χ0v) is 22.7. The molecule has 0 aromatic rings. The lowest BCUT2D eigenvalue weighted by Crippen LogP contribution is -2.37. The molecule has 4 nitrogen and oxygen atoms in total. The summed E-state index contributed by atoms with van der Waals surface area (Å²) in [6.45, 7) is 13.2. The standard InChI is InChI=1S/C26H55O4P/c1-7-13-16-17-18-21-26(30-31(27,28)29-12-6,22-24(10-4)19-14-8-2)23-25(11-5)20-15-9-3/h24-25H,7-23H2,1-6H3,(H,27,28). The maximum Gasteiger partial charge on any atom is 0.472 e. The lowest BCUT2D eigenvalue weighted by atomic mass is 9.76. The fourth-order valence-corrected chi connectivity index (χ4v) is 5.94. The molecule has 0 radical (unpaired) electrons. The second-order valence-electron chi connectivity index (χ2n) is 9.57. The van der Waals surface area contributed by atoms with Crippen LogP contribution in [0.4, 0.5) is 0 Å².